The summed E-state index contributed by atoms with van der Waals surface area (Å²) in [6, 6.07) is 15.6. The highest BCUT2D eigenvalue weighted by Gasteiger charge is 2.22. The third kappa shape index (κ3) is 3.32. The minimum absolute atomic E-state index is 0.307. The number of hydrogen-bond donors (Lipinski definition) is 0. The standard InChI is InChI=1S/C19H26N2O/c1-15(21(3)14-17-13-20(2)11-12-22-17)18-10-6-8-16-7-4-5-9-19(16)18/h4-10,15,17H,11-14H2,1-3H3/t15-,17?/m1/s1. The SMILES string of the molecule is C[C@H](c1cccc2ccccc12)N(C)CC1CN(C)CCO1. The van der Waals surface area contributed by atoms with Crippen LogP contribution in [0.15, 0.2) is 42.5 Å². The Morgan fingerprint density at radius 3 is 2.82 bits per heavy atom. The van der Waals surface area contributed by atoms with E-state index in [2.05, 4.69) is 73.3 Å². The van der Waals surface area contributed by atoms with Crippen LogP contribution in [-0.4, -0.2) is 56.2 Å². The summed E-state index contributed by atoms with van der Waals surface area (Å²) in [4.78, 5) is 4.76. The minimum Gasteiger partial charge on any atom is -0.374 e. The Balaban J connectivity index is 1.75. The monoisotopic (exact) mass is 298 g/mol. The summed E-state index contributed by atoms with van der Waals surface area (Å²) in [6.45, 7) is 6.16. The Kier molecular flexibility index (Phi) is 4.77. The Labute approximate surface area is 133 Å². The molecule has 0 aliphatic carbocycles. The average Bonchev–Trinajstić information content (AvgIpc) is 2.53. The number of ether oxygens (including phenoxy) is 1. The van der Waals surface area contributed by atoms with Crippen LogP contribution in [0.4, 0.5) is 0 Å². The molecular weight excluding hydrogens is 272 g/mol. The van der Waals surface area contributed by atoms with Crippen LogP contribution in [0.2, 0.25) is 0 Å². The summed E-state index contributed by atoms with van der Waals surface area (Å²) in [5, 5.41) is 2.67. The van der Waals surface area contributed by atoms with Crippen molar-refractivity contribution in [3.05, 3.63) is 48.0 Å². The summed E-state index contributed by atoms with van der Waals surface area (Å²) in [5.74, 6) is 0. The molecule has 0 spiro atoms. The number of benzene rings is 2. The average molecular weight is 298 g/mol. The Bertz CT molecular complexity index is 622. The normalized spacial score (nSPS) is 21.4. The lowest BCUT2D eigenvalue weighted by molar-refractivity contribution is -0.0366. The van der Waals surface area contributed by atoms with E-state index in [0.29, 0.717) is 12.1 Å². The van der Waals surface area contributed by atoms with Crippen LogP contribution in [0.25, 0.3) is 10.8 Å². The maximum atomic E-state index is 5.91. The fourth-order valence-corrected chi connectivity index (χ4v) is 3.31. The largest absolute Gasteiger partial charge is 0.374 e. The predicted octanol–water partition coefficient (Wildman–Crippen LogP) is 3.16. The van der Waals surface area contributed by atoms with Crippen molar-refractivity contribution >= 4 is 10.8 Å². The molecule has 2 aromatic rings. The summed E-state index contributed by atoms with van der Waals surface area (Å²) < 4.78 is 5.91. The predicted molar refractivity (Wildman–Crippen MR) is 92.2 cm³/mol. The Morgan fingerprint density at radius 2 is 2.00 bits per heavy atom. The molecule has 3 heteroatoms. The number of nitrogens with zero attached hydrogens (tertiary/aromatic N) is 2. The Morgan fingerprint density at radius 1 is 1.23 bits per heavy atom. The van der Waals surface area contributed by atoms with Gasteiger partial charge in [-0.1, -0.05) is 42.5 Å². The van der Waals surface area contributed by atoms with Crippen LogP contribution < -0.4 is 0 Å². The van der Waals surface area contributed by atoms with Crippen LogP contribution >= 0.6 is 0 Å². The molecule has 0 radical (unpaired) electrons. The number of fused-ring (bicyclic) bond motifs is 1. The molecule has 118 valence electrons. The minimum atomic E-state index is 0.307. The molecule has 1 aliphatic heterocycles. The van der Waals surface area contributed by atoms with Gasteiger partial charge in [0.05, 0.1) is 12.7 Å². The molecule has 2 atom stereocenters. The van der Waals surface area contributed by atoms with E-state index in [1.165, 1.54) is 16.3 Å². The van der Waals surface area contributed by atoms with Crippen LogP contribution in [0.1, 0.15) is 18.5 Å². The molecule has 3 nitrogen and oxygen atoms in total. The van der Waals surface area contributed by atoms with Crippen molar-refractivity contribution in [2.24, 2.45) is 0 Å². The first-order chi connectivity index (χ1) is 10.6. The zero-order valence-electron chi connectivity index (χ0n) is 13.8. The second-order valence-electron chi connectivity index (χ2n) is 6.44. The number of hydrogen-bond acceptors (Lipinski definition) is 3. The van der Waals surface area contributed by atoms with Crippen molar-refractivity contribution in [2.45, 2.75) is 19.1 Å². The van der Waals surface area contributed by atoms with Crippen molar-refractivity contribution in [1.29, 1.82) is 0 Å². The third-order valence-corrected chi connectivity index (χ3v) is 4.77. The summed E-state index contributed by atoms with van der Waals surface area (Å²) in [6.07, 6.45) is 0.307. The van der Waals surface area contributed by atoms with E-state index < -0.39 is 0 Å². The first-order valence-corrected chi connectivity index (χ1v) is 8.13. The van der Waals surface area contributed by atoms with Gasteiger partial charge in [0.2, 0.25) is 0 Å². The highest BCUT2D eigenvalue weighted by atomic mass is 16.5. The molecule has 1 unspecified atom stereocenters. The molecule has 2 aromatic carbocycles. The number of rotatable bonds is 4. The van der Waals surface area contributed by atoms with Crippen LogP contribution in [0.3, 0.4) is 0 Å². The molecular formula is C19H26N2O. The van der Waals surface area contributed by atoms with Gasteiger partial charge in [-0.15, -0.1) is 0 Å². The molecule has 1 heterocycles. The summed E-state index contributed by atoms with van der Waals surface area (Å²) >= 11 is 0. The Hall–Kier alpha value is -1.42. The number of likely N-dealkylation sites (N-methyl/N-ethyl adjacent to an activating group) is 2. The van der Waals surface area contributed by atoms with Crippen LogP contribution in [-0.2, 0) is 4.74 Å². The fraction of sp³-hybridized carbons (Fsp3) is 0.474. The van der Waals surface area contributed by atoms with Gasteiger partial charge in [0.25, 0.3) is 0 Å². The van der Waals surface area contributed by atoms with Crippen LogP contribution in [0, 0.1) is 0 Å². The van der Waals surface area contributed by atoms with E-state index in [-0.39, 0.29) is 0 Å². The molecule has 0 N–H and O–H groups in total. The maximum absolute atomic E-state index is 5.91. The molecule has 0 aromatic heterocycles. The smallest absolute Gasteiger partial charge is 0.0829 e. The van der Waals surface area contributed by atoms with E-state index in [1.54, 1.807) is 0 Å². The second kappa shape index (κ2) is 6.78. The lowest BCUT2D eigenvalue weighted by Crippen LogP contribution is -2.45. The molecule has 0 amide bonds. The first kappa shape index (κ1) is 15.5. The zero-order chi connectivity index (χ0) is 15.5. The van der Waals surface area contributed by atoms with E-state index in [4.69, 9.17) is 4.74 Å². The molecule has 0 saturated carbocycles. The lowest BCUT2D eigenvalue weighted by atomic mass is 9.99. The molecule has 1 saturated heterocycles. The van der Waals surface area contributed by atoms with Gasteiger partial charge in [0.15, 0.2) is 0 Å². The quantitative estimate of drug-likeness (QED) is 0.862. The van der Waals surface area contributed by atoms with Crippen LogP contribution in [0.5, 0.6) is 0 Å². The van der Waals surface area contributed by atoms with Crippen molar-refractivity contribution in [1.82, 2.24) is 9.80 Å². The zero-order valence-corrected chi connectivity index (χ0v) is 13.8. The van der Waals surface area contributed by atoms with Crippen molar-refractivity contribution in [3.8, 4) is 0 Å². The summed E-state index contributed by atoms with van der Waals surface area (Å²) in [7, 11) is 4.37. The molecule has 0 bridgehead atoms. The first-order valence-electron chi connectivity index (χ1n) is 8.13. The number of morpholine rings is 1. The summed E-state index contributed by atoms with van der Waals surface area (Å²) in [5.41, 5.74) is 1.39. The van der Waals surface area contributed by atoms with Crippen molar-refractivity contribution in [3.63, 3.8) is 0 Å². The third-order valence-electron chi connectivity index (χ3n) is 4.77. The van der Waals surface area contributed by atoms with Crippen molar-refractivity contribution in [2.75, 3.05) is 40.3 Å². The topological polar surface area (TPSA) is 15.7 Å². The van der Waals surface area contributed by atoms with Gasteiger partial charge < -0.3 is 9.64 Å². The second-order valence-corrected chi connectivity index (χ2v) is 6.44. The van der Waals surface area contributed by atoms with Gasteiger partial charge >= 0.3 is 0 Å². The van der Waals surface area contributed by atoms with E-state index in [9.17, 15) is 0 Å². The van der Waals surface area contributed by atoms with Gasteiger partial charge in [-0.25, -0.2) is 0 Å². The van der Waals surface area contributed by atoms with Gasteiger partial charge in [-0.3, -0.25) is 4.90 Å². The van der Waals surface area contributed by atoms with Gasteiger partial charge in [0, 0.05) is 25.7 Å². The van der Waals surface area contributed by atoms with E-state index >= 15 is 0 Å². The fourth-order valence-electron chi connectivity index (χ4n) is 3.31. The van der Waals surface area contributed by atoms with E-state index in [0.717, 1.165) is 26.2 Å². The van der Waals surface area contributed by atoms with E-state index in [1.807, 2.05) is 0 Å². The molecule has 1 aliphatic rings. The lowest BCUT2D eigenvalue weighted by Gasteiger charge is -2.35. The van der Waals surface area contributed by atoms with Gasteiger partial charge in [-0.2, -0.15) is 0 Å². The molecule has 3 rings (SSSR count). The highest BCUT2D eigenvalue weighted by Crippen LogP contribution is 2.27. The maximum Gasteiger partial charge on any atom is 0.0829 e. The highest BCUT2D eigenvalue weighted by molar-refractivity contribution is 5.86. The van der Waals surface area contributed by atoms with Gasteiger partial charge in [0.1, 0.15) is 0 Å². The van der Waals surface area contributed by atoms with Crippen molar-refractivity contribution < 1.29 is 4.74 Å². The molecule has 1 fully saturated rings. The molecule has 22 heavy (non-hydrogen) atoms. The van der Waals surface area contributed by atoms with Gasteiger partial charge in [-0.05, 0) is 37.4 Å².